The highest BCUT2D eigenvalue weighted by Crippen LogP contribution is 2.41. The quantitative estimate of drug-likeness (QED) is 0.730. The first-order chi connectivity index (χ1) is 9.75. The van der Waals surface area contributed by atoms with Crippen LogP contribution >= 0.6 is 15.9 Å². The molecule has 0 bridgehead atoms. The molecular formula is C18H19BrO. The van der Waals surface area contributed by atoms with E-state index in [9.17, 15) is 5.11 Å². The molecule has 2 heteroatoms. The molecule has 1 aliphatic carbocycles. The maximum absolute atomic E-state index is 10.3. The van der Waals surface area contributed by atoms with Gasteiger partial charge < -0.3 is 5.11 Å². The zero-order valence-electron chi connectivity index (χ0n) is 11.5. The fraction of sp³-hybridized carbons (Fsp3) is 0.333. The molecule has 1 fully saturated rings. The van der Waals surface area contributed by atoms with E-state index in [1.165, 1.54) is 37.7 Å². The minimum Gasteiger partial charge on any atom is -0.506 e. The van der Waals surface area contributed by atoms with Crippen LogP contribution in [0.15, 0.2) is 46.9 Å². The van der Waals surface area contributed by atoms with Crippen molar-refractivity contribution in [2.24, 2.45) is 0 Å². The number of hydrogen-bond acceptors (Lipinski definition) is 1. The van der Waals surface area contributed by atoms with Crippen molar-refractivity contribution >= 4 is 15.9 Å². The van der Waals surface area contributed by atoms with Crippen LogP contribution < -0.4 is 0 Å². The lowest BCUT2D eigenvalue weighted by atomic mass is 9.83. The van der Waals surface area contributed by atoms with E-state index in [2.05, 4.69) is 28.1 Å². The average Bonchev–Trinajstić information content (AvgIpc) is 2.51. The smallest absolute Gasteiger partial charge is 0.137 e. The number of aromatic hydroxyl groups is 1. The van der Waals surface area contributed by atoms with Gasteiger partial charge in [0, 0.05) is 5.56 Å². The van der Waals surface area contributed by atoms with E-state index in [1.54, 1.807) is 0 Å². The molecule has 2 aromatic carbocycles. The van der Waals surface area contributed by atoms with Gasteiger partial charge >= 0.3 is 0 Å². The summed E-state index contributed by atoms with van der Waals surface area (Å²) in [5.74, 6) is 0.985. The summed E-state index contributed by atoms with van der Waals surface area (Å²) < 4.78 is 0.805. The lowest BCUT2D eigenvalue weighted by Crippen LogP contribution is -2.04. The standard InChI is InChI=1S/C18H19BrO/c19-17-12-15(13-7-3-1-4-8-13)11-16(18(17)20)14-9-5-2-6-10-14/h2,5-6,9-13,20H,1,3-4,7-8H2. The number of phenolic OH excluding ortho intramolecular Hbond substituents is 1. The van der Waals surface area contributed by atoms with Crippen LogP contribution in [0.4, 0.5) is 0 Å². The van der Waals surface area contributed by atoms with Gasteiger partial charge in [-0.2, -0.15) is 0 Å². The lowest BCUT2D eigenvalue weighted by molar-refractivity contribution is 0.441. The van der Waals surface area contributed by atoms with Gasteiger partial charge in [0.2, 0.25) is 0 Å². The maximum atomic E-state index is 10.3. The van der Waals surface area contributed by atoms with E-state index in [-0.39, 0.29) is 0 Å². The summed E-state index contributed by atoms with van der Waals surface area (Å²) in [5, 5.41) is 10.3. The molecule has 0 heterocycles. The van der Waals surface area contributed by atoms with Crippen LogP contribution in [-0.2, 0) is 0 Å². The second-order valence-corrected chi connectivity index (χ2v) is 6.45. The molecule has 20 heavy (non-hydrogen) atoms. The third kappa shape index (κ3) is 2.76. The zero-order valence-corrected chi connectivity index (χ0v) is 13.1. The molecule has 1 N–H and O–H groups in total. The number of halogens is 1. The van der Waals surface area contributed by atoms with Crippen LogP contribution in [0, 0.1) is 0 Å². The van der Waals surface area contributed by atoms with Crippen LogP contribution in [0.5, 0.6) is 5.75 Å². The Labute approximate surface area is 128 Å². The van der Waals surface area contributed by atoms with E-state index < -0.39 is 0 Å². The van der Waals surface area contributed by atoms with Crippen molar-refractivity contribution in [3.63, 3.8) is 0 Å². The van der Waals surface area contributed by atoms with Crippen molar-refractivity contribution in [3.8, 4) is 16.9 Å². The lowest BCUT2D eigenvalue weighted by Gasteiger charge is -2.23. The highest BCUT2D eigenvalue weighted by molar-refractivity contribution is 9.10. The molecule has 0 radical (unpaired) electrons. The summed E-state index contributed by atoms with van der Waals surface area (Å²) in [6, 6.07) is 14.4. The Bertz CT molecular complexity index is 586. The van der Waals surface area contributed by atoms with Crippen LogP contribution in [-0.4, -0.2) is 5.11 Å². The molecule has 1 saturated carbocycles. The predicted octanol–water partition coefficient (Wildman–Crippen LogP) is 5.87. The SMILES string of the molecule is Oc1c(Br)cc(C2CCCCC2)cc1-c1ccccc1. The number of benzene rings is 2. The third-order valence-corrected chi connectivity index (χ3v) is 4.85. The van der Waals surface area contributed by atoms with Gasteiger partial charge in [-0.25, -0.2) is 0 Å². The van der Waals surface area contributed by atoms with Crippen LogP contribution in [0.25, 0.3) is 11.1 Å². The van der Waals surface area contributed by atoms with Gasteiger partial charge in [0.1, 0.15) is 5.75 Å². The topological polar surface area (TPSA) is 20.2 Å². The predicted molar refractivity (Wildman–Crippen MR) is 87.1 cm³/mol. The molecular weight excluding hydrogens is 312 g/mol. The fourth-order valence-corrected chi connectivity index (χ4v) is 3.61. The number of phenols is 1. The molecule has 104 valence electrons. The van der Waals surface area contributed by atoms with Crippen molar-refractivity contribution in [3.05, 3.63) is 52.5 Å². The normalized spacial score (nSPS) is 16.2. The van der Waals surface area contributed by atoms with E-state index >= 15 is 0 Å². The molecule has 1 nitrogen and oxygen atoms in total. The van der Waals surface area contributed by atoms with Crippen LogP contribution in [0.1, 0.15) is 43.6 Å². The molecule has 0 amide bonds. The van der Waals surface area contributed by atoms with Gasteiger partial charge in [-0.3, -0.25) is 0 Å². The van der Waals surface area contributed by atoms with Crippen molar-refractivity contribution < 1.29 is 5.11 Å². The molecule has 0 saturated heterocycles. The minimum absolute atomic E-state index is 0.343. The summed E-state index contributed by atoms with van der Waals surface area (Å²) in [4.78, 5) is 0. The average molecular weight is 331 g/mol. The molecule has 0 spiro atoms. The number of hydrogen-bond donors (Lipinski definition) is 1. The second kappa shape index (κ2) is 6.01. The Morgan fingerprint density at radius 3 is 2.35 bits per heavy atom. The summed E-state index contributed by atoms with van der Waals surface area (Å²) >= 11 is 3.51. The molecule has 0 aromatic heterocycles. The monoisotopic (exact) mass is 330 g/mol. The van der Waals surface area contributed by atoms with E-state index in [0.29, 0.717) is 11.7 Å². The van der Waals surface area contributed by atoms with Gasteiger partial charge in [-0.15, -0.1) is 0 Å². The first-order valence-corrected chi connectivity index (χ1v) is 8.13. The summed E-state index contributed by atoms with van der Waals surface area (Å²) in [6.07, 6.45) is 6.55. The molecule has 0 unspecified atom stereocenters. The van der Waals surface area contributed by atoms with Gasteiger partial charge in [0.25, 0.3) is 0 Å². The first-order valence-electron chi connectivity index (χ1n) is 7.33. The Morgan fingerprint density at radius 1 is 0.950 bits per heavy atom. The molecule has 0 aliphatic heterocycles. The largest absolute Gasteiger partial charge is 0.506 e. The highest BCUT2D eigenvalue weighted by atomic mass is 79.9. The highest BCUT2D eigenvalue weighted by Gasteiger charge is 2.18. The van der Waals surface area contributed by atoms with Gasteiger partial charge in [0.15, 0.2) is 0 Å². The Kier molecular flexibility index (Phi) is 4.11. The molecule has 1 aliphatic rings. The Hall–Kier alpha value is -1.28. The van der Waals surface area contributed by atoms with Gasteiger partial charge in [-0.05, 0) is 57.9 Å². The van der Waals surface area contributed by atoms with E-state index in [1.807, 2.05) is 30.3 Å². The first kappa shape index (κ1) is 13.7. The molecule has 2 aromatic rings. The second-order valence-electron chi connectivity index (χ2n) is 5.60. The Balaban J connectivity index is 2.03. The fourth-order valence-electron chi connectivity index (χ4n) is 3.13. The van der Waals surface area contributed by atoms with Gasteiger partial charge in [-0.1, -0.05) is 49.6 Å². The van der Waals surface area contributed by atoms with E-state index in [4.69, 9.17) is 0 Å². The maximum Gasteiger partial charge on any atom is 0.137 e. The van der Waals surface area contributed by atoms with Gasteiger partial charge in [0.05, 0.1) is 4.47 Å². The third-order valence-electron chi connectivity index (χ3n) is 4.25. The van der Waals surface area contributed by atoms with Crippen molar-refractivity contribution in [2.45, 2.75) is 38.0 Å². The summed E-state index contributed by atoms with van der Waals surface area (Å²) in [5.41, 5.74) is 3.36. The Morgan fingerprint density at radius 2 is 1.65 bits per heavy atom. The van der Waals surface area contributed by atoms with Crippen LogP contribution in [0.2, 0.25) is 0 Å². The number of rotatable bonds is 2. The zero-order chi connectivity index (χ0) is 13.9. The van der Waals surface area contributed by atoms with Crippen LogP contribution in [0.3, 0.4) is 0 Å². The molecule has 0 atom stereocenters. The van der Waals surface area contributed by atoms with Crippen molar-refractivity contribution in [1.29, 1.82) is 0 Å². The minimum atomic E-state index is 0.343. The molecule has 3 rings (SSSR count). The van der Waals surface area contributed by atoms with Crippen molar-refractivity contribution in [2.75, 3.05) is 0 Å². The van der Waals surface area contributed by atoms with Crippen molar-refractivity contribution in [1.82, 2.24) is 0 Å². The van der Waals surface area contributed by atoms with E-state index in [0.717, 1.165) is 15.6 Å². The summed E-state index contributed by atoms with van der Waals surface area (Å²) in [7, 11) is 0. The summed E-state index contributed by atoms with van der Waals surface area (Å²) in [6.45, 7) is 0.